The molecule has 1 aromatic heterocycles. The van der Waals surface area contributed by atoms with Crippen molar-refractivity contribution in [2.24, 2.45) is 12.8 Å². The number of hydrogen-bond donors (Lipinski definition) is 1. The van der Waals surface area contributed by atoms with Crippen LogP contribution in [0.2, 0.25) is 5.02 Å². The van der Waals surface area contributed by atoms with Crippen LogP contribution in [0.3, 0.4) is 0 Å². The molecule has 1 atom stereocenters. The Bertz CT molecular complexity index is 850. The minimum Gasteiger partial charge on any atom is -0.333 e. The van der Waals surface area contributed by atoms with Crippen molar-refractivity contribution in [1.82, 2.24) is 14.5 Å². The highest BCUT2D eigenvalue weighted by atomic mass is 35.5. The van der Waals surface area contributed by atoms with Crippen molar-refractivity contribution in [2.75, 3.05) is 13.1 Å². The number of unbranched alkanes of at least 4 members (excludes halogenated alkanes) is 3. The molecule has 0 spiro atoms. The second kappa shape index (κ2) is 9.85. The van der Waals surface area contributed by atoms with Crippen LogP contribution in [0.25, 0.3) is 10.9 Å². The van der Waals surface area contributed by atoms with Crippen LogP contribution in [0, 0.1) is 0 Å². The Morgan fingerprint density at radius 3 is 2.67 bits per heavy atom. The summed E-state index contributed by atoms with van der Waals surface area (Å²) in [6, 6.07) is 4.76. The second-order valence-corrected chi connectivity index (χ2v) is 7.25. The molecule has 27 heavy (non-hydrogen) atoms. The van der Waals surface area contributed by atoms with Crippen molar-refractivity contribution in [3.63, 3.8) is 0 Å². The number of benzene rings is 1. The smallest absolute Gasteiger partial charge is 0.261 e. The number of carbonyl (C=O) groups is 1. The molecule has 0 aliphatic rings. The van der Waals surface area contributed by atoms with E-state index < -0.39 is 0 Å². The zero-order valence-electron chi connectivity index (χ0n) is 16.4. The average molecular weight is 393 g/mol. The summed E-state index contributed by atoms with van der Waals surface area (Å²) in [5, 5.41) is 1.05. The largest absolute Gasteiger partial charge is 0.333 e. The molecule has 7 heteroatoms. The topological polar surface area (TPSA) is 81.2 Å². The first-order valence-electron chi connectivity index (χ1n) is 9.56. The molecule has 1 unspecified atom stereocenters. The number of aromatic nitrogens is 2. The van der Waals surface area contributed by atoms with E-state index in [-0.39, 0.29) is 17.5 Å². The van der Waals surface area contributed by atoms with Crippen LogP contribution in [0.4, 0.5) is 0 Å². The zero-order valence-corrected chi connectivity index (χ0v) is 17.1. The molecule has 1 heterocycles. The van der Waals surface area contributed by atoms with E-state index in [0.717, 1.165) is 25.7 Å². The van der Waals surface area contributed by atoms with Crippen molar-refractivity contribution in [3.05, 3.63) is 39.4 Å². The minimum absolute atomic E-state index is 0.0572. The molecule has 0 saturated carbocycles. The fourth-order valence-corrected chi connectivity index (χ4v) is 3.46. The van der Waals surface area contributed by atoms with Crippen molar-refractivity contribution in [1.29, 1.82) is 0 Å². The van der Waals surface area contributed by atoms with Gasteiger partial charge in [-0.1, -0.05) is 31.4 Å². The Morgan fingerprint density at radius 1 is 1.30 bits per heavy atom. The van der Waals surface area contributed by atoms with Crippen molar-refractivity contribution in [3.8, 4) is 0 Å². The van der Waals surface area contributed by atoms with Gasteiger partial charge in [-0.15, -0.1) is 0 Å². The first-order chi connectivity index (χ1) is 12.9. The van der Waals surface area contributed by atoms with Crippen LogP contribution in [-0.4, -0.2) is 33.4 Å². The predicted molar refractivity (Wildman–Crippen MR) is 110 cm³/mol. The summed E-state index contributed by atoms with van der Waals surface area (Å²) in [4.78, 5) is 31.7. The maximum atomic E-state index is 12.7. The van der Waals surface area contributed by atoms with E-state index in [0.29, 0.717) is 41.3 Å². The number of nitrogens with zero attached hydrogens (tertiary/aromatic N) is 3. The van der Waals surface area contributed by atoms with Crippen LogP contribution in [0.5, 0.6) is 0 Å². The maximum Gasteiger partial charge on any atom is 0.261 e. The Labute approximate surface area is 165 Å². The van der Waals surface area contributed by atoms with Gasteiger partial charge in [0.2, 0.25) is 5.91 Å². The third-order valence-electron chi connectivity index (χ3n) is 4.89. The highest BCUT2D eigenvalue weighted by Gasteiger charge is 2.24. The van der Waals surface area contributed by atoms with E-state index in [1.165, 1.54) is 4.57 Å². The van der Waals surface area contributed by atoms with Gasteiger partial charge in [0, 0.05) is 25.0 Å². The summed E-state index contributed by atoms with van der Waals surface area (Å²) in [6.07, 6.45) is 4.41. The van der Waals surface area contributed by atoms with Gasteiger partial charge in [0.15, 0.2) is 0 Å². The quantitative estimate of drug-likeness (QED) is 0.663. The first-order valence-corrected chi connectivity index (χ1v) is 9.94. The number of rotatable bonds is 9. The van der Waals surface area contributed by atoms with Gasteiger partial charge in [-0.25, -0.2) is 4.98 Å². The highest BCUT2D eigenvalue weighted by Crippen LogP contribution is 2.22. The lowest BCUT2D eigenvalue weighted by atomic mass is 10.1. The van der Waals surface area contributed by atoms with Crippen LogP contribution < -0.4 is 11.3 Å². The monoisotopic (exact) mass is 392 g/mol. The van der Waals surface area contributed by atoms with Gasteiger partial charge in [0.05, 0.1) is 16.9 Å². The lowest BCUT2D eigenvalue weighted by Gasteiger charge is -2.30. The van der Waals surface area contributed by atoms with E-state index in [4.69, 9.17) is 17.3 Å². The average Bonchev–Trinajstić information content (AvgIpc) is 2.66. The van der Waals surface area contributed by atoms with E-state index >= 15 is 0 Å². The van der Waals surface area contributed by atoms with E-state index in [9.17, 15) is 9.59 Å². The predicted octanol–water partition coefficient (Wildman–Crippen LogP) is 3.41. The van der Waals surface area contributed by atoms with Crippen molar-refractivity contribution < 1.29 is 4.79 Å². The maximum absolute atomic E-state index is 12.7. The molecule has 0 aliphatic heterocycles. The van der Waals surface area contributed by atoms with E-state index in [2.05, 4.69) is 4.98 Å². The Balaban J connectivity index is 2.33. The summed E-state index contributed by atoms with van der Waals surface area (Å²) in [5.74, 6) is 0.625. The lowest BCUT2D eigenvalue weighted by Crippen LogP contribution is -2.37. The molecule has 6 nitrogen and oxygen atoms in total. The molecule has 1 amide bonds. The minimum atomic E-state index is -0.298. The van der Waals surface area contributed by atoms with Crippen LogP contribution in [0.15, 0.2) is 23.0 Å². The van der Waals surface area contributed by atoms with Gasteiger partial charge in [0.1, 0.15) is 5.82 Å². The third kappa shape index (κ3) is 5.08. The molecule has 1 aromatic carbocycles. The van der Waals surface area contributed by atoms with Gasteiger partial charge in [-0.05, 0) is 44.5 Å². The Kier molecular flexibility index (Phi) is 7.80. The molecule has 148 valence electrons. The fourth-order valence-electron chi connectivity index (χ4n) is 3.29. The second-order valence-electron chi connectivity index (χ2n) is 6.82. The number of carbonyl (C=O) groups excluding carboxylic acids is 1. The highest BCUT2D eigenvalue weighted by molar-refractivity contribution is 6.31. The van der Waals surface area contributed by atoms with Crippen LogP contribution in [-0.2, 0) is 11.8 Å². The number of nitrogens with two attached hydrogens (primary N) is 1. The summed E-state index contributed by atoms with van der Waals surface area (Å²) in [6.45, 7) is 5.11. The third-order valence-corrected chi connectivity index (χ3v) is 5.13. The number of halogens is 1. The van der Waals surface area contributed by atoms with Gasteiger partial charge >= 0.3 is 0 Å². The molecule has 2 rings (SSSR count). The zero-order chi connectivity index (χ0) is 20.0. The molecule has 0 saturated heterocycles. The van der Waals surface area contributed by atoms with Crippen molar-refractivity contribution in [2.45, 2.75) is 52.0 Å². The molecular weight excluding hydrogens is 364 g/mol. The SMILES string of the molecule is CCC(=O)N(CCCCCCN)C(C)c1nc2cc(Cl)ccc2c(=O)n1C. The molecule has 0 bridgehead atoms. The number of fused-ring (bicyclic) bond motifs is 1. The molecule has 0 fully saturated rings. The van der Waals surface area contributed by atoms with E-state index in [1.807, 2.05) is 18.7 Å². The standard InChI is InChI=1S/C20H29ClN4O2/c1-4-18(26)25(12-8-6-5-7-11-22)14(2)19-23-17-13-15(21)9-10-16(17)20(27)24(19)3/h9-10,13-14H,4-8,11-12,22H2,1-3H3. The molecule has 2 aromatic rings. The normalized spacial score (nSPS) is 12.3. The van der Waals surface area contributed by atoms with Gasteiger partial charge in [-0.2, -0.15) is 0 Å². The molecule has 0 radical (unpaired) electrons. The molecule has 2 N–H and O–H groups in total. The van der Waals surface area contributed by atoms with Gasteiger partial charge < -0.3 is 10.6 Å². The summed E-state index contributed by atoms with van der Waals surface area (Å²) < 4.78 is 1.53. The Hall–Kier alpha value is -1.92. The summed E-state index contributed by atoms with van der Waals surface area (Å²) in [5.41, 5.74) is 5.96. The van der Waals surface area contributed by atoms with Gasteiger partial charge in [0.25, 0.3) is 5.56 Å². The van der Waals surface area contributed by atoms with Gasteiger partial charge in [-0.3, -0.25) is 14.2 Å². The lowest BCUT2D eigenvalue weighted by molar-refractivity contribution is -0.133. The van der Waals surface area contributed by atoms with Crippen molar-refractivity contribution >= 4 is 28.4 Å². The number of hydrogen-bond acceptors (Lipinski definition) is 4. The summed E-state index contributed by atoms with van der Waals surface area (Å²) in [7, 11) is 1.70. The van der Waals surface area contributed by atoms with E-state index in [1.54, 1.807) is 25.2 Å². The fraction of sp³-hybridized carbons (Fsp3) is 0.550. The van der Waals surface area contributed by atoms with Crippen LogP contribution >= 0.6 is 11.6 Å². The Morgan fingerprint density at radius 2 is 2.00 bits per heavy atom. The molecule has 0 aliphatic carbocycles. The number of amides is 1. The first kappa shape index (κ1) is 21.4. The summed E-state index contributed by atoms with van der Waals surface area (Å²) >= 11 is 6.07. The van der Waals surface area contributed by atoms with Crippen LogP contribution in [0.1, 0.15) is 57.8 Å². The molecular formula is C20H29ClN4O2.